The summed E-state index contributed by atoms with van der Waals surface area (Å²) in [4.78, 5) is 17.4. The largest absolute Gasteiger partial charge is 0.496 e. The summed E-state index contributed by atoms with van der Waals surface area (Å²) < 4.78 is 19.6. The maximum Gasteiger partial charge on any atom is 0.254 e. The number of nitrogens with zero attached hydrogens (tertiary/aromatic N) is 2. The average molecular weight is 416 g/mol. The van der Waals surface area contributed by atoms with Crippen molar-refractivity contribution >= 4 is 23.2 Å². The number of benzene rings is 3. The number of amides is 1. The van der Waals surface area contributed by atoms with Gasteiger partial charge in [-0.25, -0.2) is 4.39 Å². The summed E-state index contributed by atoms with van der Waals surface area (Å²) >= 11 is 0. The Kier molecular flexibility index (Phi) is 6.32. The van der Waals surface area contributed by atoms with E-state index in [4.69, 9.17) is 4.74 Å². The molecule has 3 aromatic carbocycles. The van der Waals surface area contributed by atoms with Crippen LogP contribution in [0.1, 0.15) is 11.1 Å². The molecule has 0 bridgehead atoms. The molecule has 0 aliphatic carbocycles. The molecule has 3 aromatic rings. The zero-order valence-electron chi connectivity index (χ0n) is 17.5. The second-order valence-electron chi connectivity index (χ2n) is 7.40. The zero-order chi connectivity index (χ0) is 21.6. The lowest BCUT2D eigenvalue weighted by Crippen LogP contribution is -2.49. The molecule has 0 aromatic heterocycles. The predicted molar refractivity (Wildman–Crippen MR) is 123 cm³/mol. The molecule has 0 radical (unpaired) electrons. The molecule has 0 N–H and O–H groups in total. The number of carbonyl (C=O) groups excluding carboxylic acids is 1. The summed E-state index contributed by atoms with van der Waals surface area (Å²) in [6, 6.07) is 24.1. The first kappa shape index (κ1) is 20.7. The molecule has 4 nitrogen and oxygen atoms in total. The number of methoxy groups -OCH3 is 1. The van der Waals surface area contributed by atoms with Crippen molar-refractivity contribution < 1.29 is 13.9 Å². The van der Waals surface area contributed by atoms with Gasteiger partial charge in [0, 0.05) is 37.3 Å². The van der Waals surface area contributed by atoms with Crippen molar-refractivity contribution in [1.29, 1.82) is 0 Å². The number of anilines is 1. The lowest BCUT2D eigenvalue weighted by Gasteiger charge is -2.36. The monoisotopic (exact) mass is 416 g/mol. The van der Waals surface area contributed by atoms with Crippen LogP contribution in [0.5, 0.6) is 5.75 Å². The smallest absolute Gasteiger partial charge is 0.254 e. The Bertz CT molecular complexity index is 1070. The molecule has 0 spiro atoms. The van der Waals surface area contributed by atoms with Gasteiger partial charge in [-0.2, -0.15) is 0 Å². The van der Waals surface area contributed by atoms with E-state index in [0.29, 0.717) is 43.2 Å². The van der Waals surface area contributed by atoms with Gasteiger partial charge in [-0.15, -0.1) is 0 Å². The summed E-state index contributed by atoms with van der Waals surface area (Å²) in [7, 11) is 1.62. The number of piperazine rings is 1. The van der Waals surface area contributed by atoms with Crippen LogP contribution in [0.2, 0.25) is 0 Å². The summed E-state index contributed by atoms with van der Waals surface area (Å²) in [5.41, 5.74) is 2.91. The Morgan fingerprint density at radius 3 is 2.23 bits per heavy atom. The Hall–Kier alpha value is -3.60. The number of para-hydroxylation sites is 2. The number of ether oxygens (including phenoxy) is 1. The van der Waals surface area contributed by atoms with Crippen LogP contribution in [0.4, 0.5) is 10.1 Å². The first-order valence-electron chi connectivity index (χ1n) is 10.4. The van der Waals surface area contributed by atoms with Crippen LogP contribution in [0, 0.1) is 5.82 Å². The molecular weight excluding hydrogens is 391 g/mol. The van der Waals surface area contributed by atoms with Crippen LogP contribution in [0.3, 0.4) is 0 Å². The van der Waals surface area contributed by atoms with Crippen molar-refractivity contribution in [1.82, 2.24) is 4.90 Å². The van der Waals surface area contributed by atoms with Crippen molar-refractivity contribution in [2.45, 2.75) is 0 Å². The maximum atomic E-state index is 14.1. The molecule has 1 amide bonds. The molecule has 1 aliphatic heterocycles. The van der Waals surface area contributed by atoms with Crippen LogP contribution in [-0.2, 0) is 4.79 Å². The molecule has 1 saturated heterocycles. The molecule has 1 heterocycles. The average Bonchev–Trinajstić information content (AvgIpc) is 2.83. The Morgan fingerprint density at radius 2 is 1.52 bits per heavy atom. The molecule has 1 fully saturated rings. The quantitative estimate of drug-likeness (QED) is 0.446. The van der Waals surface area contributed by atoms with E-state index in [1.807, 2.05) is 76.5 Å². The normalized spacial score (nSPS) is 14.5. The highest BCUT2D eigenvalue weighted by Gasteiger charge is 2.25. The van der Waals surface area contributed by atoms with Crippen molar-refractivity contribution in [3.05, 3.63) is 95.8 Å². The van der Waals surface area contributed by atoms with Crippen molar-refractivity contribution in [3.8, 4) is 5.75 Å². The number of hydrogen-bond donors (Lipinski definition) is 0. The lowest BCUT2D eigenvalue weighted by molar-refractivity contribution is -0.125. The highest BCUT2D eigenvalue weighted by Crippen LogP contribution is 2.27. The zero-order valence-corrected chi connectivity index (χ0v) is 17.5. The minimum absolute atomic E-state index is 0.0368. The van der Waals surface area contributed by atoms with E-state index in [2.05, 4.69) is 0 Å². The number of halogens is 1. The molecule has 1 aliphatic rings. The fourth-order valence-corrected chi connectivity index (χ4v) is 3.86. The molecule has 4 rings (SSSR count). The first-order valence-corrected chi connectivity index (χ1v) is 10.4. The Balaban J connectivity index is 1.59. The fraction of sp³-hybridized carbons (Fsp3) is 0.192. The van der Waals surface area contributed by atoms with E-state index in [1.54, 1.807) is 19.2 Å². The lowest BCUT2D eigenvalue weighted by atomic mass is 10.0. The molecule has 0 atom stereocenters. The van der Waals surface area contributed by atoms with Gasteiger partial charge in [0.05, 0.1) is 12.8 Å². The highest BCUT2D eigenvalue weighted by atomic mass is 19.1. The summed E-state index contributed by atoms with van der Waals surface area (Å²) in [6.45, 7) is 2.24. The molecular formula is C26H25FN2O2. The second-order valence-corrected chi connectivity index (χ2v) is 7.40. The van der Waals surface area contributed by atoms with E-state index in [9.17, 15) is 9.18 Å². The standard InChI is InChI=1S/C26H25FN2O2/c1-31-25-14-8-5-11-21(25)19-22(20-9-3-2-4-10-20)26(30)29-17-15-28(16-18-29)24-13-7-6-12-23(24)27/h2-14,19H,15-18H2,1H3/b22-19+. The van der Waals surface area contributed by atoms with E-state index in [-0.39, 0.29) is 11.7 Å². The van der Waals surface area contributed by atoms with Gasteiger partial charge in [0.1, 0.15) is 11.6 Å². The van der Waals surface area contributed by atoms with Gasteiger partial charge in [0.15, 0.2) is 0 Å². The first-order chi connectivity index (χ1) is 15.2. The minimum Gasteiger partial charge on any atom is -0.496 e. The number of hydrogen-bond acceptors (Lipinski definition) is 3. The Morgan fingerprint density at radius 1 is 0.871 bits per heavy atom. The van der Waals surface area contributed by atoms with E-state index < -0.39 is 0 Å². The van der Waals surface area contributed by atoms with Gasteiger partial charge >= 0.3 is 0 Å². The molecule has 5 heteroatoms. The van der Waals surface area contributed by atoms with Crippen molar-refractivity contribution in [2.24, 2.45) is 0 Å². The highest BCUT2D eigenvalue weighted by molar-refractivity contribution is 6.24. The SMILES string of the molecule is COc1ccccc1/C=C(/C(=O)N1CCN(c2ccccc2F)CC1)c1ccccc1. The topological polar surface area (TPSA) is 32.8 Å². The molecule has 31 heavy (non-hydrogen) atoms. The third-order valence-corrected chi connectivity index (χ3v) is 5.51. The van der Waals surface area contributed by atoms with Gasteiger partial charge in [-0.3, -0.25) is 4.79 Å². The predicted octanol–water partition coefficient (Wildman–Crippen LogP) is 4.72. The third-order valence-electron chi connectivity index (χ3n) is 5.51. The van der Waals surface area contributed by atoms with Crippen LogP contribution in [0.25, 0.3) is 11.6 Å². The van der Waals surface area contributed by atoms with Gasteiger partial charge in [0.2, 0.25) is 0 Å². The van der Waals surface area contributed by atoms with Gasteiger partial charge in [-0.05, 0) is 29.8 Å². The van der Waals surface area contributed by atoms with Gasteiger partial charge in [-0.1, -0.05) is 60.7 Å². The van der Waals surface area contributed by atoms with Crippen molar-refractivity contribution in [3.63, 3.8) is 0 Å². The van der Waals surface area contributed by atoms with Gasteiger partial charge < -0.3 is 14.5 Å². The van der Waals surface area contributed by atoms with Crippen LogP contribution >= 0.6 is 0 Å². The Labute approximate surface area is 182 Å². The van der Waals surface area contributed by atoms with Crippen molar-refractivity contribution in [2.75, 3.05) is 38.2 Å². The second kappa shape index (κ2) is 9.47. The summed E-state index contributed by atoms with van der Waals surface area (Å²) in [5.74, 6) is 0.446. The van der Waals surface area contributed by atoms with Crippen LogP contribution in [-0.4, -0.2) is 44.1 Å². The minimum atomic E-state index is -0.233. The molecule has 0 unspecified atom stereocenters. The summed E-state index contributed by atoms with van der Waals surface area (Å²) in [6.07, 6.45) is 1.89. The van der Waals surface area contributed by atoms with Gasteiger partial charge in [0.25, 0.3) is 5.91 Å². The van der Waals surface area contributed by atoms with E-state index >= 15 is 0 Å². The van der Waals surface area contributed by atoms with Crippen LogP contribution < -0.4 is 9.64 Å². The molecule has 0 saturated carbocycles. The number of rotatable bonds is 5. The maximum absolute atomic E-state index is 14.1. The summed E-state index contributed by atoms with van der Waals surface area (Å²) in [5, 5.41) is 0. The molecule has 158 valence electrons. The number of carbonyl (C=O) groups is 1. The van der Waals surface area contributed by atoms with E-state index in [1.165, 1.54) is 6.07 Å². The third kappa shape index (κ3) is 4.61. The van der Waals surface area contributed by atoms with E-state index in [0.717, 1.165) is 11.1 Å². The fourth-order valence-electron chi connectivity index (χ4n) is 3.86. The van der Waals surface area contributed by atoms with Crippen LogP contribution in [0.15, 0.2) is 78.9 Å².